The van der Waals surface area contributed by atoms with Crippen molar-refractivity contribution in [1.82, 2.24) is 4.89 Å². The number of rotatable bonds is 4. The van der Waals surface area contributed by atoms with Gasteiger partial charge in [-0.15, -0.1) is 0 Å². The monoisotopic (exact) mass is 294 g/mol. The number of ether oxygens (including phenoxy) is 1. The normalized spacial score (nSPS) is 13.1. The lowest BCUT2D eigenvalue weighted by Crippen LogP contribution is -2.20. The standard InChI is InChI=1S/C8H9NO7S2/c1-16-8(10)5-2-6(17(12)13)4-7(3-5)18(14,15)9-11/h2-4,9,11H,1H3,(H,12,13)/p-1. The largest absolute Gasteiger partial charge is 0.768 e. The first kappa shape index (κ1) is 14.7. The van der Waals surface area contributed by atoms with Gasteiger partial charge in [-0.1, -0.05) is 4.89 Å². The molecule has 1 unspecified atom stereocenters. The van der Waals surface area contributed by atoms with Gasteiger partial charge in [0.15, 0.2) is 0 Å². The van der Waals surface area contributed by atoms with Crippen molar-refractivity contribution in [3.8, 4) is 0 Å². The second kappa shape index (κ2) is 5.54. The van der Waals surface area contributed by atoms with E-state index >= 15 is 0 Å². The van der Waals surface area contributed by atoms with Gasteiger partial charge in [-0.25, -0.2) is 13.2 Å². The van der Waals surface area contributed by atoms with E-state index in [4.69, 9.17) is 5.21 Å². The average Bonchev–Trinajstić information content (AvgIpc) is 2.37. The zero-order valence-corrected chi connectivity index (χ0v) is 10.6. The first-order valence-corrected chi connectivity index (χ1v) is 6.86. The second-order valence-corrected chi connectivity index (χ2v) is 5.62. The zero-order valence-electron chi connectivity index (χ0n) is 8.95. The minimum Gasteiger partial charge on any atom is -0.768 e. The van der Waals surface area contributed by atoms with E-state index in [0.29, 0.717) is 0 Å². The molecular weight excluding hydrogens is 286 g/mol. The van der Waals surface area contributed by atoms with Crippen LogP contribution in [0.1, 0.15) is 10.4 Å². The van der Waals surface area contributed by atoms with Gasteiger partial charge >= 0.3 is 5.97 Å². The van der Waals surface area contributed by atoms with Gasteiger partial charge < -0.3 is 14.5 Å². The van der Waals surface area contributed by atoms with Gasteiger partial charge in [0.05, 0.1) is 17.6 Å². The van der Waals surface area contributed by atoms with Crippen LogP contribution in [0.25, 0.3) is 0 Å². The Balaban J connectivity index is 3.50. The van der Waals surface area contributed by atoms with Crippen molar-refractivity contribution in [2.45, 2.75) is 9.79 Å². The van der Waals surface area contributed by atoms with Gasteiger partial charge in [-0.05, 0) is 29.3 Å². The molecule has 8 nitrogen and oxygen atoms in total. The van der Waals surface area contributed by atoms with Crippen LogP contribution in [0.2, 0.25) is 0 Å². The van der Waals surface area contributed by atoms with Crippen molar-refractivity contribution in [3.63, 3.8) is 0 Å². The third-order valence-corrected chi connectivity index (χ3v) is 3.64. The Morgan fingerprint density at radius 1 is 1.44 bits per heavy atom. The van der Waals surface area contributed by atoms with E-state index < -0.39 is 36.9 Å². The summed E-state index contributed by atoms with van der Waals surface area (Å²) in [6, 6.07) is 2.61. The Morgan fingerprint density at radius 3 is 2.50 bits per heavy atom. The molecule has 0 aromatic heterocycles. The number of benzene rings is 1. The molecule has 18 heavy (non-hydrogen) atoms. The van der Waals surface area contributed by atoms with Crippen LogP contribution in [-0.4, -0.2) is 35.5 Å². The van der Waals surface area contributed by atoms with Gasteiger partial charge in [0, 0.05) is 4.90 Å². The van der Waals surface area contributed by atoms with Crippen molar-refractivity contribution in [2.75, 3.05) is 7.11 Å². The van der Waals surface area contributed by atoms with Crippen molar-refractivity contribution < 1.29 is 31.9 Å². The fourth-order valence-corrected chi connectivity index (χ4v) is 2.30. The Kier molecular flexibility index (Phi) is 4.53. The summed E-state index contributed by atoms with van der Waals surface area (Å²) in [6.07, 6.45) is 0. The molecule has 0 saturated heterocycles. The molecule has 0 saturated carbocycles. The SMILES string of the molecule is COC(=O)c1cc(S(=O)[O-])cc(S(=O)(=O)NO)c1. The molecule has 0 fully saturated rings. The van der Waals surface area contributed by atoms with E-state index in [0.717, 1.165) is 30.2 Å². The highest BCUT2D eigenvalue weighted by molar-refractivity contribution is 7.89. The summed E-state index contributed by atoms with van der Waals surface area (Å²) in [7, 11) is -3.24. The maximum Gasteiger partial charge on any atom is 0.337 e. The van der Waals surface area contributed by atoms with Crippen molar-refractivity contribution in [2.24, 2.45) is 0 Å². The molecule has 1 aromatic rings. The maximum absolute atomic E-state index is 11.3. The first-order valence-electron chi connectivity index (χ1n) is 4.30. The van der Waals surface area contributed by atoms with E-state index in [1.165, 1.54) is 0 Å². The zero-order chi connectivity index (χ0) is 13.9. The van der Waals surface area contributed by atoms with E-state index in [-0.39, 0.29) is 5.56 Å². The predicted molar refractivity (Wildman–Crippen MR) is 57.1 cm³/mol. The van der Waals surface area contributed by atoms with Gasteiger partial charge in [0.2, 0.25) is 0 Å². The van der Waals surface area contributed by atoms with Crippen LogP contribution in [0.15, 0.2) is 28.0 Å². The minimum absolute atomic E-state index is 0.270. The van der Waals surface area contributed by atoms with Gasteiger partial charge in [-0.3, -0.25) is 4.21 Å². The summed E-state index contributed by atoms with van der Waals surface area (Å²) >= 11 is -2.74. The predicted octanol–water partition coefficient (Wildman–Crippen LogP) is -0.621. The number of carbonyl (C=O) groups is 1. The van der Waals surface area contributed by atoms with Crippen LogP contribution in [-0.2, 0) is 25.8 Å². The Morgan fingerprint density at radius 2 is 2.06 bits per heavy atom. The number of methoxy groups -OCH3 is 1. The molecule has 0 aliphatic rings. The number of hydrogen-bond donors (Lipinski definition) is 2. The molecular formula is C8H8NO7S2-. The number of carbonyl (C=O) groups excluding carboxylic acids is 1. The molecule has 0 heterocycles. The topological polar surface area (TPSA) is 133 Å². The molecule has 1 aromatic carbocycles. The fourth-order valence-electron chi connectivity index (χ4n) is 1.11. The molecule has 1 rings (SSSR count). The highest BCUT2D eigenvalue weighted by atomic mass is 32.2. The van der Waals surface area contributed by atoms with Gasteiger partial charge in [-0.2, -0.15) is 0 Å². The first-order chi connectivity index (χ1) is 8.31. The third kappa shape index (κ3) is 3.11. The second-order valence-electron chi connectivity index (χ2n) is 3.01. The highest BCUT2D eigenvalue weighted by Gasteiger charge is 2.18. The molecule has 10 heteroatoms. The van der Waals surface area contributed by atoms with Crippen LogP contribution in [0.3, 0.4) is 0 Å². The molecule has 2 N–H and O–H groups in total. The van der Waals surface area contributed by atoms with Crippen LogP contribution >= 0.6 is 0 Å². The summed E-state index contributed by atoms with van der Waals surface area (Å²) in [4.78, 5) is 11.3. The van der Waals surface area contributed by atoms with E-state index in [1.54, 1.807) is 0 Å². The Labute approximate surface area is 105 Å². The third-order valence-electron chi connectivity index (χ3n) is 1.92. The van der Waals surface area contributed by atoms with Crippen LogP contribution in [0.5, 0.6) is 0 Å². The number of nitrogens with one attached hydrogen (secondary N) is 1. The van der Waals surface area contributed by atoms with Crippen LogP contribution in [0.4, 0.5) is 0 Å². The van der Waals surface area contributed by atoms with E-state index in [2.05, 4.69) is 4.74 Å². The minimum atomic E-state index is -4.29. The molecule has 0 aliphatic heterocycles. The average molecular weight is 294 g/mol. The summed E-state index contributed by atoms with van der Waals surface area (Å²) in [5, 5.41) is 8.46. The maximum atomic E-state index is 11.3. The quantitative estimate of drug-likeness (QED) is 0.429. The van der Waals surface area contributed by atoms with Gasteiger partial charge in [0.1, 0.15) is 0 Å². The van der Waals surface area contributed by atoms with Crippen LogP contribution < -0.4 is 4.89 Å². The van der Waals surface area contributed by atoms with Crippen molar-refractivity contribution in [1.29, 1.82) is 0 Å². The Hall–Kier alpha value is -1.33. The molecule has 0 amide bonds. The lowest BCUT2D eigenvalue weighted by Gasteiger charge is -2.10. The van der Waals surface area contributed by atoms with E-state index in [1.807, 2.05) is 0 Å². The molecule has 0 bridgehead atoms. The van der Waals surface area contributed by atoms with Crippen molar-refractivity contribution in [3.05, 3.63) is 23.8 Å². The van der Waals surface area contributed by atoms with E-state index in [9.17, 15) is 22.0 Å². The summed E-state index contributed by atoms with van der Waals surface area (Å²) in [5.74, 6) is -0.906. The summed E-state index contributed by atoms with van der Waals surface area (Å²) in [6.45, 7) is 0. The highest BCUT2D eigenvalue weighted by Crippen LogP contribution is 2.17. The summed E-state index contributed by atoms with van der Waals surface area (Å²) < 4.78 is 48.6. The lowest BCUT2D eigenvalue weighted by atomic mass is 10.2. The molecule has 0 spiro atoms. The smallest absolute Gasteiger partial charge is 0.337 e. The van der Waals surface area contributed by atoms with Crippen molar-refractivity contribution >= 4 is 27.1 Å². The molecule has 0 aliphatic carbocycles. The molecule has 0 radical (unpaired) electrons. The van der Waals surface area contributed by atoms with Crippen LogP contribution in [0, 0.1) is 0 Å². The van der Waals surface area contributed by atoms with Gasteiger partial charge in [0.25, 0.3) is 10.0 Å². The number of hydrogen-bond acceptors (Lipinski definition) is 7. The Bertz CT molecular complexity index is 595. The lowest BCUT2D eigenvalue weighted by molar-refractivity contribution is 0.0600. The molecule has 1 atom stereocenters. The fraction of sp³-hybridized carbons (Fsp3) is 0.125. The summed E-state index contributed by atoms with van der Waals surface area (Å²) in [5.41, 5.74) is -0.270. The number of esters is 1. The molecule has 100 valence electrons. The number of sulfonamides is 1.